The molecule has 15 heavy (non-hydrogen) atoms. The molecule has 0 amide bonds. The summed E-state index contributed by atoms with van der Waals surface area (Å²) in [6, 6.07) is 0. The van der Waals surface area contributed by atoms with E-state index >= 15 is 0 Å². The van der Waals surface area contributed by atoms with Gasteiger partial charge in [0.15, 0.2) is 0 Å². The van der Waals surface area contributed by atoms with Gasteiger partial charge in [0.1, 0.15) is 0 Å². The topological polar surface area (TPSA) is 3.24 Å². The number of halogens is 1. The third kappa shape index (κ3) is 5.91. The van der Waals surface area contributed by atoms with Gasteiger partial charge in [0.25, 0.3) is 0 Å². The molecular weight excluding hydrogens is 250 g/mol. The number of hydrogen-bond donors (Lipinski definition) is 0. The molecule has 0 spiro atoms. The maximum absolute atomic E-state index is 3.56. The van der Waals surface area contributed by atoms with Gasteiger partial charge < -0.3 is 4.90 Å². The van der Waals surface area contributed by atoms with E-state index in [0.29, 0.717) is 0 Å². The van der Waals surface area contributed by atoms with E-state index < -0.39 is 0 Å². The van der Waals surface area contributed by atoms with E-state index in [2.05, 4.69) is 34.7 Å². The van der Waals surface area contributed by atoms with Crippen LogP contribution in [0.4, 0.5) is 0 Å². The zero-order valence-corrected chi connectivity index (χ0v) is 11.9. The van der Waals surface area contributed by atoms with Crippen LogP contribution in [0.5, 0.6) is 0 Å². The minimum atomic E-state index is 0.869. The lowest BCUT2D eigenvalue weighted by Crippen LogP contribution is -2.36. The second-order valence-corrected chi connectivity index (χ2v) is 6.12. The normalized spacial score (nSPS) is 23.6. The van der Waals surface area contributed by atoms with E-state index in [1.807, 2.05) is 0 Å². The van der Waals surface area contributed by atoms with Gasteiger partial charge in [-0.2, -0.15) is 0 Å². The maximum Gasteiger partial charge on any atom is 0.00344 e. The Bertz CT molecular complexity index is 157. The average molecular weight is 276 g/mol. The molecule has 90 valence electrons. The van der Waals surface area contributed by atoms with Crippen LogP contribution in [0.25, 0.3) is 0 Å². The largest absolute Gasteiger partial charge is 0.303 e. The molecule has 1 fully saturated rings. The fourth-order valence-electron chi connectivity index (χ4n) is 2.47. The number of piperidine rings is 1. The van der Waals surface area contributed by atoms with Crippen LogP contribution in [0.3, 0.4) is 0 Å². The van der Waals surface area contributed by atoms with Gasteiger partial charge >= 0.3 is 0 Å². The summed E-state index contributed by atoms with van der Waals surface area (Å²) in [5.41, 5.74) is 0. The summed E-state index contributed by atoms with van der Waals surface area (Å²) in [5, 5.41) is 1.18. The van der Waals surface area contributed by atoms with Crippen molar-refractivity contribution >= 4 is 15.9 Å². The van der Waals surface area contributed by atoms with Gasteiger partial charge in [0.05, 0.1) is 0 Å². The van der Waals surface area contributed by atoms with Crippen molar-refractivity contribution in [3.63, 3.8) is 0 Å². The number of likely N-dealkylation sites (tertiary alicyclic amines) is 1. The smallest absolute Gasteiger partial charge is 0.00344 e. The van der Waals surface area contributed by atoms with Crippen LogP contribution in [0, 0.1) is 11.8 Å². The second kappa shape index (κ2) is 7.67. The minimum absolute atomic E-state index is 0.869. The zero-order chi connectivity index (χ0) is 11.1. The highest BCUT2D eigenvalue weighted by Gasteiger charge is 2.18. The number of alkyl halides is 1. The molecule has 1 unspecified atom stereocenters. The van der Waals surface area contributed by atoms with Crippen LogP contribution in [0.15, 0.2) is 0 Å². The lowest BCUT2D eigenvalue weighted by Gasteiger charge is -2.32. The lowest BCUT2D eigenvalue weighted by atomic mass is 9.95. The first-order valence-electron chi connectivity index (χ1n) is 6.50. The third-order valence-corrected chi connectivity index (χ3v) is 3.83. The van der Waals surface area contributed by atoms with Gasteiger partial charge in [-0.3, -0.25) is 0 Å². The van der Waals surface area contributed by atoms with E-state index in [1.54, 1.807) is 0 Å². The van der Waals surface area contributed by atoms with Crippen molar-refractivity contribution in [2.24, 2.45) is 11.8 Å². The van der Waals surface area contributed by atoms with Gasteiger partial charge in [-0.05, 0) is 57.0 Å². The number of nitrogens with zero attached hydrogens (tertiary/aromatic N) is 1. The van der Waals surface area contributed by atoms with Crippen molar-refractivity contribution in [1.29, 1.82) is 0 Å². The molecule has 2 heteroatoms. The molecule has 1 nitrogen and oxygen atoms in total. The molecule has 1 atom stereocenters. The first kappa shape index (κ1) is 13.5. The number of hydrogen-bond acceptors (Lipinski definition) is 1. The summed E-state index contributed by atoms with van der Waals surface area (Å²) in [6.45, 7) is 8.67. The summed E-state index contributed by atoms with van der Waals surface area (Å²) in [7, 11) is 0. The van der Waals surface area contributed by atoms with E-state index in [-0.39, 0.29) is 0 Å². The Morgan fingerprint density at radius 3 is 2.87 bits per heavy atom. The van der Waals surface area contributed by atoms with Crippen molar-refractivity contribution in [2.75, 3.05) is 25.0 Å². The van der Waals surface area contributed by atoms with Crippen molar-refractivity contribution < 1.29 is 0 Å². The Hall–Kier alpha value is 0.440. The van der Waals surface area contributed by atoms with Crippen LogP contribution in [-0.4, -0.2) is 29.9 Å². The first-order valence-corrected chi connectivity index (χ1v) is 7.63. The Morgan fingerprint density at radius 2 is 2.20 bits per heavy atom. The van der Waals surface area contributed by atoms with Gasteiger partial charge in [0, 0.05) is 11.9 Å². The third-order valence-electron chi connectivity index (χ3n) is 3.38. The molecule has 1 saturated heterocycles. The van der Waals surface area contributed by atoms with Gasteiger partial charge in [0.2, 0.25) is 0 Å². The van der Waals surface area contributed by atoms with Crippen LogP contribution in [0.2, 0.25) is 0 Å². The molecule has 0 aromatic rings. The van der Waals surface area contributed by atoms with Crippen LogP contribution < -0.4 is 0 Å². The van der Waals surface area contributed by atoms with E-state index in [4.69, 9.17) is 0 Å². The minimum Gasteiger partial charge on any atom is -0.303 e. The summed E-state index contributed by atoms with van der Waals surface area (Å²) in [4.78, 5) is 2.68. The van der Waals surface area contributed by atoms with Crippen molar-refractivity contribution in [3.8, 4) is 0 Å². The highest BCUT2D eigenvalue weighted by atomic mass is 79.9. The molecule has 1 aliphatic heterocycles. The molecular formula is C13H26BrN. The molecule has 0 aliphatic carbocycles. The van der Waals surface area contributed by atoms with Gasteiger partial charge in [-0.15, -0.1) is 0 Å². The molecule has 1 aliphatic rings. The zero-order valence-electron chi connectivity index (χ0n) is 10.3. The second-order valence-electron chi connectivity index (χ2n) is 5.32. The summed E-state index contributed by atoms with van der Waals surface area (Å²) in [5.74, 6) is 1.82. The Morgan fingerprint density at radius 1 is 1.40 bits per heavy atom. The molecule has 0 bridgehead atoms. The van der Waals surface area contributed by atoms with Crippen LogP contribution in [-0.2, 0) is 0 Å². The van der Waals surface area contributed by atoms with Crippen LogP contribution >= 0.6 is 15.9 Å². The molecule has 0 radical (unpaired) electrons. The van der Waals surface area contributed by atoms with Crippen molar-refractivity contribution in [1.82, 2.24) is 4.90 Å². The molecule has 1 heterocycles. The quantitative estimate of drug-likeness (QED) is 0.665. The predicted molar refractivity (Wildman–Crippen MR) is 71.6 cm³/mol. The summed E-state index contributed by atoms with van der Waals surface area (Å²) < 4.78 is 0. The predicted octanol–water partition coefficient (Wildman–Crippen LogP) is 3.92. The van der Waals surface area contributed by atoms with Gasteiger partial charge in [-0.1, -0.05) is 29.8 Å². The highest BCUT2D eigenvalue weighted by Crippen LogP contribution is 2.20. The van der Waals surface area contributed by atoms with E-state index in [1.165, 1.54) is 57.1 Å². The van der Waals surface area contributed by atoms with E-state index in [9.17, 15) is 0 Å². The Balaban J connectivity index is 2.12. The average Bonchev–Trinajstić information content (AvgIpc) is 2.18. The van der Waals surface area contributed by atoms with Gasteiger partial charge in [-0.25, -0.2) is 0 Å². The van der Waals surface area contributed by atoms with Crippen LogP contribution in [0.1, 0.15) is 46.0 Å². The first-order chi connectivity index (χ1) is 7.22. The SMILES string of the molecule is CC(C)CCCN1CCCC(CCBr)C1. The Kier molecular flexibility index (Phi) is 6.91. The molecule has 0 saturated carbocycles. The summed E-state index contributed by atoms with van der Waals surface area (Å²) in [6.07, 6.45) is 7.00. The maximum atomic E-state index is 3.56. The van der Waals surface area contributed by atoms with Crippen molar-refractivity contribution in [2.45, 2.75) is 46.0 Å². The monoisotopic (exact) mass is 275 g/mol. The molecule has 1 rings (SSSR count). The molecule has 0 aromatic heterocycles. The highest BCUT2D eigenvalue weighted by molar-refractivity contribution is 9.09. The van der Waals surface area contributed by atoms with Crippen molar-refractivity contribution in [3.05, 3.63) is 0 Å². The summed E-state index contributed by atoms with van der Waals surface area (Å²) >= 11 is 3.56. The lowest BCUT2D eigenvalue weighted by molar-refractivity contribution is 0.168. The standard InChI is InChI=1S/C13H26BrN/c1-12(2)5-3-9-15-10-4-6-13(11-15)7-8-14/h12-13H,3-11H2,1-2H3. The Labute approximate surface area is 104 Å². The van der Waals surface area contributed by atoms with E-state index in [0.717, 1.165) is 11.8 Å². The fraction of sp³-hybridized carbons (Fsp3) is 1.00. The molecule has 0 N–H and O–H groups in total. The molecule has 0 aromatic carbocycles. The fourth-order valence-corrected chi connectivity index (χ4v) is 3.11. The number of rotatable bonds is 6.